The highest BCUT2D eigenvalue weighted by Crippen LogP contribution is 2.33. The molecule has 1 amide bonds. The van der Waals surface area contributed by atoms with Gasteiger partial charge in [-0.15, -0.1) is 11.8 Å². The first-order valence-corrected chi connectivity index (χ1v) is 11.9. The van der Waals surface area contributed by atoms with Gasteiger partial charge in [0.05, 0.1) is 10.2 Å². The standard InChI is InChI=1S/C23H26N2O2S2/c1-4-28-19-7-5-6-17(14-19)22(26)25-12-10-18(11-13-25)27-23-24-20-15(2)8-9-16(3)21(20)29-23/h5-9,14,18H,4,10-13H2,1-3H3. The van der Waals surface area contributed by atoms with Gasteiger partial charge in [0.1, 0.15) is 6.10 Å². The van der Waals surface area contributed by atoms with Crippen LogP contribution in [0, 0.1) is 13.8 Å². The summed E-state index contributed by atoms with van der Waals surface area (Å²) in [5, 5.41) is 0.742. The summed E-state index contributed by atoms with van der Waals surface area (Å²) in [6.07, 6.45) is 1.79. The molecule has 1 aromatic heterocycles. The summed E-state index contributed by atoms with van der Waals surface area (Å²) in [5.41, 5.74) is 4.24. The lowest BCUT2D eigenvalue weighted by molar-refractivity contribution is 0.0595. The van der Waals surface area contributed by atoms with Crippen LogP contribution in [0.3, 0.4) is 0 Å². The molecule has 3 aromatic rings. The summed E-state index contributed by atoms with van der Waals surface area (Å²) in [5.74, 6) is 1.12. The van der Waals surface area contributed by atoms with E-state index in [4.69, 9.17) is 9.72 Å². The fraction of sp³-hybridized carbons (Fsp3) is 0.391. The van der Waals surface area contributed by atoms with E-state index in [0.29, 0.717) is 0 Å². The van der Waals surface area contributed by atoms with Crippen LogP contribution >= 0.6 is 23.1 Å². The number of carbonyl (C=O) groups is 1. The van der Waals surface area contributed by atoms with Crippen molar-refractivity contribution in [1.29, 1.82) is 0 Å². The normalized spacial score (nSPS) is 15.1. The lowest BCUT2D eigenvalue weighted by Crippen LogP contribution is -2.41. The van der Waals surface area contributed by atoms with Crippen LogP contribution < -0.4 is 4.74 Å². The molecule has 0 atom stereocenters. The molecule has 0 unspecified atom stereocenters. The zero-order chi connectivity index (χ0) is 20.4. The number of aryl methyl sites for hydroxylation is 2. The van der Waals surface area contributed by atoms with Crippen molar-refractivity contribution in [1.82, 2.24) is 9.88 Å². The van der Waals surface area contributed by atoms with Crippen LogP contribution in [0.25, 0.3) is 10.2 Å². The van der Waals surface area contributed by atoms with Gasteiger partial charge < -0.3 is 9.64 Å². The third kappa shape index (κ3) is 4.43. The van der Waals surface area contributed by atoms with E-state index in [-0.39, 0.29) is 12.0 Å². The maximum absolute atomic E-state index is 12.9. The first kappa shape index (κ1) is 20.2. The third-order valence-corrected chi connectivity index (χ3v) is 7.27. The maximum atomic E-state index is 12.9. The van der Waals surface area contributed by atoms with Gasteiger partial charge >= 0.3 is 0 Å². The zero-order valence-electron chi connectivity index (χ0n) is 17.1. The van der Waals surface area contributed by atoms with Crippen molar-refractivity contribution in [2.75, 3.05) is 18.8 Å². The Kier molecular flexibility index (Phi) is 6.11. The van der Waals surface area contributed by atoms with Gasteiger partial charge in [0.2, 0.25) is 0 Å². The van der Waals surface area contributed by atoms with Crippen molar-refractivity contribution in [3.63, 3.8) is 0 Å². The van der Waals surface area contributed by atoms with Gasteiger partial charge in [-0.25, -0.2) is 4.98 Å². The largest absolute Gasteiger partial charge is 0.467 e. The van der Waals surface area contributed by atoms with Crippen molar-refractivity contribution < 1.29 is 9.53 Å². The number of ether oxygens (including phenoxy) is 1. The van der Waals surface area contributed by atoms with Gasteiger partial charge in [0.15, 0.2) is 0 Å². The minimum absolute atomic E-state index is 0.113. The van der Waals surface area contributed by atoms with Crippen molar-refractivity contribution in [2.45, 2.75) is 44.6 Å². The molecular weight excluding hydrogens is 400 g/mol. The Balaban J connectivity index is 1.38. The molecule has 1 aliphatic rings. The molecule has 2 aromatic carbocycles. The van der Waals surface area contributed by atoms with Crippen molar-refractivity contribution >= 4 is 39.2 Å². The number of amides is 1. The molecule has 0 bridgehead atoms. The average Bonchev–Trinajstić information content (AvgIpc) is 3.16. The fourth-order valence-corrected chi connectivity index (χ4v) is 5.42. The van der Waals surface area contributed by atoms with Crippen LogP contribution in [0.4, 0.5) is 0 Å². The van der Waals surface area contributed by atoms with Crippen LogP contribution in [0.15, 0.2) is 41.3 Å². The highest BCUT2D eigenvalue weighted by molar-refractivity contribution is 7.99. The zero-order valence-corrected chi connectivity index (χ0v) is 18.7. The van der Waals surface area contributed by atoms with Crippen molar-refractivity contribution in [2.24, 2.45) is 0 Å². The molecular formula is C23H26N2O2S2. The molecule has 0 saturated carbocycles. The van der Waals surface area contributed by atoms with E-state index < -0.39 is 0 Å². The number of likely N-dealkylation sites (tertiary alicyclic amines) is 1. The number of fused-ring (bicyclic) bond motifs is 1. The Morgan fingerprint density at radius 2 is 1.97 bits per heavy atom. The second-order valence-electron chi connectivity index (χ2n) is 7.43. The average molecular weight is 427 g/mol. The van der Waals surface area contributed by atoms with E-state index in [2.05, 4.69) is 39.0 Å². The van der Waals surface area contributed by atoms with E-state index in [1.54, 1.807) is 23.1 Å². The monoisotopic (exact) mass is 426 g/mol. The molecule has 1 fully saturated rings. The first-order chi connectivity index (χ1) is 14.0. The lowest BCUT2D eigenvalue weighted by atomic mass is 10.1. The summed E-state index contributed by atoms with van der Waals surface area (Å²) in [6.45, 7) is 7.76. The van der Waals surface area contributed by atoms with Crippen LogP contribution in [-0.4, -0.2) is 40.7 Å². The predicted molar refractivity (Wildman–Crippen MR) is 121 cm³/mol. The molecule has 0 radical (unpaired) electrons. The Bertz CT molecular complexity index is 984. The molecule has 4 nitrogen and oxygen atoms in total. The second kappa shape index (κ2) is 8.76. The Morgan fingerprint density at radius 1 is 1.21 bits per heavy atom. The SMILES string of the molecule is CCSc1cccc(C(=O)N2CCC(Oc3nc4c(C)ccc(C)c4s3)CC2)c1. The maximum Gasteiger partial charge on any atom is 0.274 e. The number of carbonyl (C=O) groups excluding carboxylic acids is 1. The predicted octanol–water partition coefficient (Wildman–Crippen LogP) is 5.71. The minimum Gasteiger partial charge on any atom is -0.467 e. The molecule has 0 N–H and O–H groups in total. The van der Waals surface area contributed by atoms with Gasteiger partial charge in [0, 0.05) is 36.4 Å². The van der Waals surface area contributed by atoms with Crippen molar-refractivity contribution in [3.05, 3.63) is 53.1 Å². The third-order valence-electron chi connectivity index (χ3n) is 5.31. The Labute approximate surface area is 180 Å². The molecule has 4 rings (SSSR count). The lowest BCUT2D eigenvalue weighted by Gasteiger charge is -2.31. The van der Waals surface area contributed by atoms with Crippen LogP contribution in [0.5, 0.6) is 5.19 Å². The highest BCUT2D eigenvalue weighted by Gasteiger charge is 2.25. The highest BCUT2D eigenvalue weighted by atomic mass is 32.2. The second-order valence-corrected chi connectivity index (χ2v) is 9.73. The summed E-state index contributed by atoms with van der Waals surface area (Å²) in [7, 11) is 0. The molecule has 29 heavy (non-hydrogen) atoms. The summed E-state index contributed by atoms with van der Waals surface area (Å²) < 4.78 is 7.41. The topological polar surface area (TPSA) is 42.4 Å². The Hall–Kier alpha value is -2.05. The van der Waals surface area contributed by atoms with Gasteiger partial charge in [0.25, 0.3) is 11.1 Å². The van der Waals surface area contributed by atoms with Crippen LogP contribution in [0.1, 0.15) is 41.3 Å². The number of nitrogens with zero attached hydrogens (tertiary/aromatic N) is 2. The fourth-order valence-electron chi connectivity index (χ4n) is 3.68. The summed E-state index contributed by atoms with van der Waals surface area (Å²) in [6, 6.07) is 12.2. The summed E-state index contributed by atoms with van der Waals surface area (Å²) in [4.78, 5) is 20.7. The van der Waals surface area contributed by atoms with Crippen LogP contribution in [-0.2, 0) is 0 Å². The van der Waals surface area contributed by atoms with Gasteiger partial charge in [-0.05, 0) is 48.9 Å². The summed E-state index contributed by atoms with van der Waals surface area (Å²) >= 11 is 3.39. The van der Waals surface area contributed by atoms with E-state index in [1.165, 1.54) is 15.8 Å². The van der Waals surface area contributed by atoms with Gasteiger partial charge in [-0.2, -0.15) is 0 Å². The molecule has 152 valence electrons. The van der Waals surface area contributed by atoms with E-state index in [0.717, 1.165) is 52.9 Å². The number of piperidine rings is 1. The number of hydrogen-bond acceptors (Lipinski definition) is 5. The molecule has 2 heterocycles. The van der Waals surface area contributed by atoms with E-state index in [1.807, 2.05) is 23.1 Å². The molecule has 6 heteroatoms. The number of hydrogen-bond donors (Lipinski definition) is 0. The molecule has 0 spiro atoms. The number of benzene rings is 2. The first-order valence-electron chi connectivity index (χ1n) is 10.1. The van der Waals surface area contributed by atoms with Gasteiger partial charge in [-0.3, -0.25) is 4.79 Å². The minimum atomic E-state index is 0.113. The van der Waals surface area contributed by atoms with E-state index >= 15 is 0 Å². The van der Waals surface area contributed by atoms with Crippen LogP contribution in [0.2, 0.25) is 0 Å². The number of rotatable bonds is 5. The molecule has 1 aliphatic heterocycles. The smallest absolute Gasteiger partial charge is 0.274 e. The molecule has 1 saturated heterocycles. The van der Waals surface area contributed by atoms with E-state index in [9.17, 15) is 4.79 Å². The number of aromatic nitrogens is 1. The van der Waals surface area contributed by atoms with Gasteiger partial charge in [-0.1, -0.05) is 36.5 Å². The number of thiazole rings is 1. The Morgan fingerprint density at radius 3 is 2.69 bits per heavy atom. The molecule has 0 aliphatic carbocycles. The van der Waals surface area contributed by atoms with Crippen molar-refractivity contribution in [3.8, 4) is 5.19 Å². The number of thioether (sulfide) groups is 1. The quantitative estimate of drug-likeness (QED) is 0.490.